The lowest BCUT2D eigenvalue weighted by Crippen LogP contribution is -2.44. The van der Waals surface area contributed by atoms with E-state index in [0.29, 0.717) is 18.4 Å². The fraction of sp³-hybridized carbons (Fsp3) is 0.435. The first-order valence-electron chi connectivity index (χ1n) is 9.78. The molecule has 2 bridgehead atoms. The Bertz CT molecular complexity index is 758. The van der Waals surface area contributed by atoms with Crippen molar-refractivity contribution in [3.05, 3.63) is 71.3 Å². The van der Waals surface area contributed by atoms with Crippen molar-refractivity contribution in [2.24, 2.45) is 5.92 Å². The minimum Gasteiger partial charge on any atom is -0.341 e. The summed E-state index contributed by atoms with van der Waals surface area (Å²) in [5, 5.41) is 0. The first-order valence-corrected chi connectivity index (χ1v) is 9.78. The van der Waals surface area contributed by atoms with Crippen LogP contribution in [0.4, 0.5) is 0 Å². The van der Waals surface area contributed by atoms with Crippen molar-refractivity contribution < 1.29 is 4.79 Å². The van der Waals surface area contributed by atoms with Gasteiger partial charge in [0.25, 0.3) is 0 Å². The van der Waals surface area contributed by atoms with E-state index in [4.69, 9.17) is 0 Å². The predicted octanol–water partition coefficient (Wildman–Crippen LogP) is 3.66. The summed E-state index contributed by atoms with van der Waals surface area (Å²) < 4.78 is 0. The van der Waals surface area contributed by atoms with E-state index in [9.17, 15) is 4.79 Å². The highest BCUT2D eigenvalue weighted by Gasteiger charge is 2.36. The average Bonchev–Trinajstić information content (AvgIpc) is 2.95. The van der Waals surface area contributed by atoms with Crippen LogP contribution in [-0.2, 0) is 17.8 Å². The van der Waals surface area contributed by atoms with Gasteiger partial charge in [-0.05, 0) is 36.8 Å². The molecule has 5 rings (SSSR count). The lowest BCUT2D eigenvalue weighted by molar-refractivity contribution is -0.130. The third kappa shape index (κ3) is 3.99. The van der Waals surface area contributed by atoms with Crippen LogP contribution in [0.5, 0.6) is 0 Å². The summed E-state index contributed by atoms with van der Waals surface area (Å²) in [6, 6.07) is 19.5. The maximum Gasteiger partial charge on any atom is 0.227 e. The van der Waals surface area contributed by atoms with Gasteiger partial charge in [0, 0.05) is 32.2 Å². The van der Waals surface area contributed by atoms with Crippen molar-refractivity contribution in [3.8, 4) is 0 Å². The molecule has 2 atom stereocenters. The zero-order chi connectivity index (χ0) is 17.9. The van der Waals surface area contributed by atoms with Gasteiger partial charge < -0.3 is 4.90 Å². The van der Waals surface area contributed by atoms with Crippen LogP contribution in [-0.4, -0.2) is 41.4 Å². The third-order valence-corrected chi connectivity index (χ3v) is 5.85. The molecular weight excluding hydrogens is 320 g/mol. The maximum atomic E-state index is 12.9. The first-order chi connectivity index (χ1) is 12.7. The first kappa shape index (κ1) is 17.3. The molecule has 0 unspecified atom stereocenters. The molecule has 3 saturated heterocycles. The number of carbonyl (C=O) groups excluding carboxylic acids is 1. The molecule has 2 aromatic rings. The molecule has 0 N–H and O–H groups in total. The Balaban J connectivity index is 1.43. The number of amides is 1. The molecule has 0 radical (unpaired) electrons. The quantitative estimate of drug-likeness (QED) is 0.842. The second-order valence-corrected chi connectivity index (χ2v) is 7.98. The van der Waals surface area contributed by atoms with Gasteiger partial charge in [-0.3, -0.25) is 9.69 Å². The smallest absolute Gasteiger partial charge is 0.227 e. The Morgan fingerprint density at radius 1 is 0.962 bits per heavy atom. The number of rotatable bonds is 4. The van der Waals surface area contributed by atoms with Crippen LogP contribution in [0.2, 0.25) is 0 Å². The zero-order valence-electron chi connectivity index (χ0n) is 15.6. The number of piperidine rings is 1. The van der Waals surface area contributed by atoms with Crippen LogP contribution in [0.1, 0.15) is 29.5 Å². The number of fused-ring (bicyclic) bond motifs is 4. The van der Waals surface area contributed by atoms with Gasteiger partial charge in [0.1, 0.15) is 0 Å². The molecule has 0 saturated carbocycles. The van der Waals surface area contributed by atoms with Gasteiger partial charge in [0.15, 0.2) is 0 Å². The van der Waals surface area contributed by atoms with Crippen molar-refractivity contribution in [1.82, 2.24) is 9.80 Å². The molecule has 2 aromatic carbocycles. The summed E-state index contributed by atoms with van der Waals surface area (Å²) in [6.07, 6.45) is 3.00. The molecular formula is C23H28N2O. The standard InChI is InChI=1S/C23H28N2O/c1-18-6-5-9-20(12-18)13-23(26)25-16-21-10-11-22(17-25)24(15-21)14-19-7-3-2-4-8-19/h2-9,12,21-22H,10-11,13-17H2,1H3/t21-,22-/m0/s1. The van der Waals surface area contributed by atoms with Gasteiger partial charge in [-0.25, -0.2) is 0 Å². The molecule has 26 heavy (non-hydrogen) atoms. The van der Waals surface area contributed by atoms with Gasteiger partial charge in [-0.15, -0.1) is 0 Å². The van der Waals surface area contributed by atoms with Gasteiger partial charge in [0.05, 0.1) is 6.42 Å². The van der Waals surface area contributed by atoms with E-state index >= 15 is 0 Å². The Hall–Kier alpha value is -2.13. The summed E-state index contributed by atoms with van der Waals surface area (Å²) in [5.74, 6) is 0.896. The van der Waals surface area contributed by atoms with Crippen molar-refractivity contribution in [2.45, 2.75) is 38.8 Å². The lowest BCUT2D eigenvalue weighted by atomic mass is 9.94. The summed E-state index contributed by atoms with van der Waals surface area (Å²) in [4.78, 5) is 17.7. The van der Waals surface area contributed by atoms with Crippen molar-refractivity contribution >= 4 is 5.91 Å². The van der Waals surface area contributed by atoms with Gasteiger partial charge in [-0.2, -0.15) is 0 Å². The second kappa shape index (κ2) is 7.63. The second-order valence-electron chi connectivity index (χ2n) is 7.98. The summed E-state index contributed by atoms with van der Waals surface area (Å²) >= 11 is 0. The lowest BCUT2D eigenvalue weighted by Gasteiger charge is -2.36. The Morgan fingerprint density at radius 2 is 1.77 bits per heavy atom. The minimum absolute atomic E-state index is 0.286. The number of aryl methyl sites for hydroxylation is 1. The number of carbonyl (C=O) groups is 1. The number of hydrogen-bond donors (Lipinski definition) is 0. The molecule has 0 spiro atoms. The Morgan fingerprint density at radius 3 is 2.58 bits per heavy atom. The molecule has 3 aliphatic heterocycles. The molecule has 1 amide bonds. The van der Waals surface area contributed by atoms with E-state index in [1.165, 1.54) is 24.0 Å². The third-order valence-electron chi connectivity index (χ3n) is 5.85. The Kier molecular flexibility index (Phi) is 5.07. The SMILES string of the molecule is Cc1cccc(CC(=O)N2C[C@H]3CC[C@@H](C2)N(Cc2ccccc2)C3)c1. The average molecular weight is 348 g/mol. The van der Waals surface area contributed by atoms with E-state index in [2.05, 4.69) is 65.3 Å². The van der Waals surface area contributed by atoms with Crippen molar-refractivity contribution in [2.75, 3.05) is 19.6 Å². The number of benzene rings is 2. The molecule has 3 aliphatic rings. The molecule has 0 aromatic heterocycles. The fourth-order valence-corrected chi connectivity index (χ4v) is 4.50. The minimum atomic E-state index is 0.286. The van der Waals surface area contributed by atoms with E-state index in [-0.39, 0.29) is 5.91 Å². The topological polar surface area (TPSA) is 23.6 Å². The number of hydrogen-bond acceptors (Lipinski definition) is 2. The van der Waals surface area contributed by atoms with Crippen molar-refractivity contribution in [3.63, 3.8) is 0 Å². The Labute approximate surface area is 156 Å². The number of nitrogens with zero attached hydrogens (tertiary/aromatic N) is 2. The van der Waals surface area contributed by atoms with Crippen LogP contribution in [0.3, 0.4) is 0 Å². The zero-order valence-corrected chi connectivity index (χ0v) is 15.6. The normalized spacial score (nSPS) is 23.0. The predicted molar refractivity (Wildman–Crippen MR) is 105 cm³/mol. The highest BCUT2D eigenvalue weighted by atomic mass is 16.2. The molecule has 136 valence electrons. The summed E-state index contributed by atoms with van der Waals surface area (Å²) in [6.45, 7) is 6.01. The van der Waals surface area contributed by atoms with E-state index in [0.717, 1.165) is 31.7 Å². The van der Waals surface area contributed by atoms with E-state index in [1.54, 1.807) is 0 Å². The van der Waals surface area contributed by atoms with Gasteiger partial charge in [-0.1, -0.05) is 60.2 Å². The van der Waals surface area contributed by atoms with Crippen LogP contribution in [0.15, 0.2) is 54.6 Å². The van der Waals surface area contributed by atoms with E-state index in [1.807, 2.05) is 6.07 Å². The molecule has 3 fully saturated rings. The highest BCUT2D eigenvalue weighted by molar-refractivity contribution is 5.79. The molecule has 3 heteroatoms. The fourth-order valence-electron chi connectivity index (χ4n) is 4.50. The highest BCUT2D eigenvalue weighted by Crippen LogP contribution is 2.29. The van der Waals surface area contributed by atoms with Gasteiger partial charge >= 0.3 is 0 Å². The van der Waals surface area contributed by atoms with Gasteiger partial charge in [0.2, 0.25) is 5.91 Å². The summed E-state index contributed by atoms with van der Waals surface area (Å²) in [5.41, 5.74) is 3.73. The monoisotopic (exact) mass is 348 g/mol. The van der Waals surface area contributed by atoms with Crippen LogP contribution in [0.25, 0.3) is 0 Å². The van der Waals surface area contributed by atoms with E-state index < -0.39 is 0 Å². The van der Waals surface area contributed by atoms with Crippen LogP contribution in [0, 0.1) is 12.8 Å². The van der Waals surface area contributed by atoms with Crippen LogP contribution < -0.4 is 0 Å². The molecule has 3 heterocycles. The molecule has 0 aliphatic carbocycles. The molecule has 3 nitrogen and oxygen atoms in total. The maximum absolute atomic E-state index is 12.9. The summed E-state index contributed by atoms with van der Waals surface area (Å²) in [7, 11) is 0. The largest absolute Gasteiger partial charge is 0.341 e. The van der Waals surface area contributed by atoms with Crippen LogP contribution >= 0.6 is 0 Å². The van der Waals surface area contributed by atoms with Crippen molar-refractivity contribution in [1.29, 1.82) is 0 Å².